The standard InChI is InChI=1S/C8H16O4/c1-3-4-6-5-11-8(10-2)7(9)12-6/h6-9H,3-5H2,1-2H3/t6-,7?,8+/m0/s1. The number of rotatable bonds is 3. The van der Waals surface area contributed by atoms with Crippen molar-refractivity contribution in [3.63, 3.8) is 0 Å². The van der Waals surface area contributed by atoms with E-state index in [2.05, 4.69) is 6.92 Å². The quantitative estimate of drug-likeness (QED) is 0.680. The molecule has 0 aromatic carbocycles. The summed E-state index contributed by atoms with van der Waals surface area (Å²) in [6.45, 7) is 2.57. The molecule has 0 bridgehead atoms. The Morgan fingerprint density at radius 3 is 2.83 bits per heavy atom. The molecular formula is C8H16O4. The smallest absolute Gasteiger partial charge is 0.209 e. The van der Waals surface area contributed by atoms with E-state index in [1.165, 1.54) is 7.11 Å². The predicted octanol–water partition coefficient (Wildman–Crippen LogP) is 0.493. The highest BCUT2D eigenvalue weighted by atomic mass is 16.8. The molecule has 1 rings (SSSR count). The minimum atomic E-state index is -0.944. The van der Waals surface area contributed by atoms with Gasteiger partial charge in [0.25, 0.3) is 0 Å². The van der Waals surface area contributed by atoms with Gasteiger partial charge in [-0.1, -0.05) is 13.3 Å². The second-order valence-corrected chi connectivity index (χ2v) is 2.87. The van der Waals surface area contributed by atoms with E-state index in [0.29, 0.717) is 6.61 Å². The molecule has 1 aliphatic heterocycles. The van der Waals surface area contributed by atoms with Crippen LogP contribution in [0.5, 0.6) is 0 Å². The van der Waals surface area contributed by atoms with Gasteiger partial charge in [0.15, 0.2) is 0 Å². The van der Waals surface area contributed by atoms with Crippen molar-refractivity contribution in [2.24, 2.45) is 0 Å². The van der Waals surface area contributed by atoms with Gasteiger partial charge in [0.05, 0.1) is 12.7 Å². The third kappa shape index (κ3) is 2.42. The fraction of sp³-hybridized carbons (Fsp3) is 1.00. The number of aliphatic hydroxyl groups is 1. The molecule has 0 aromatic heterocycles. The Bertz CT molecular complexity index is 128. The molecule has 1 heterocycles. The number of methoxy groups -OCH3 is 1. The molecule has 72 valence electrons. The van der Waals surface area contributed by atoms with Crippen LogP contribution < -0.4 is 0 Å². The van der Waals surface area contributed by atoms with E-state index in [1.54, 1.807) is 0 Å². The average Bonchev–Trinajstić information content (AvgIpc) is 2.05. The van der Waals surface area contributed by atoms with Crippen LogP contribution in [0.2, 0.25) is 0 Å². The number of ether oxygens (including phenoxy) is 3. The fourth-order valence-corrected chi connectivity index (χ4v) is 1.24. The molecule has 1 N–H and O–H groups in total. The Balaban J connectivity index is 2.30. The first-order valence-electron chi connectivity index (χ1n) is 4.25. The molecule has 4 heteroatoms. The maximum Gasteiger partial charge on any atom is 0.209 e. The highest BCUT2D eigenvalue weighted by Crippen LogP contribution is 2.16. The van der Waals surface area contributed by atoms with Gasteiger partial charge in [-0.3, -0.25) is 0 Å². The first-order valence-corrected chi connectivity index (χ1v) is 4.25. The van der Waals surface area contributed by atoms with Crippen LogP contribution in [0.25, 0.3) is 0 Å². The van der Waals surface area contributed by atoms with Gasteiger partial charge in [0.2, 0.25) is 12.6 Å². The number of hydrogen-bond donors (Lipinski definition) is 1. The summed E-state index contributed by atoms with van der Waals surface area (Å²) in [7, 11) is 1.48. The molecule has 0 radical (unpaired) electrons. The second-order valence-electron chi connectivity index (χ2n) is 2.87. The van der Waals surface area contributed by atoms with Crippen molar-refractivity contribution in [2.45, 2.75) is 38.4 Å². The van der Waals surface area contributed by atoms with Crippen LogP contribution in [0.15, 0.2) is 0 Å². The molecule has 0 spiro atoms. The van der Waals surface area contributed by atoms with E-state index in [9.17, 15) is 5.11 Å². The predicted molar refractivity (Wildman–Crippen MR) is 42.5 cm³/mol. The molecule has 1 unspecified atom stereocenters. The number of aliphatic hydroxyl groups excluding tert-OH is 1. The summed E-state index contributed by atoms with van der Waals surface area (Å²) in [5.74, 6) is 0. The van der Waals surface area contributed by atoms with Crippen LogP contribution in [0.3, 0.4) is 0 Å². The summed E-state index contributed by atoms with van der Waals surface area (Å²) in [6, 6.07) is 0. The van der Waals surface area contributed by atoms with Gasteiger partial charge in [0, 0.05) is 7.11 Å². The van der Waals surface area contributed by atoms with Gasteiger partial charge in [-0.15, -0.1) is 0 Å². The Hall–Kier alpha value is -0.160. The lowest BCUT2D eigenvalue weighted by atomic mass is 10.2. The maximum absolute atomic E-state index is 9.29. The molecule has 1 aliphatic rings. The summed E-state index contributed by atoms with van der Waals surface area (Å²) in [5, 5.41) is 9.29. The largest absolute Gasteiger partial charge is 0.364 e. The fourth-order valence-electron chi connectivity index (χ4n) is 1.24. The van der Waals surface area contributed by atoms with Gasteiger partial charge in [0.1, 0.15) is 0 Å². The number of hydrogen-bond acceptors (Lipinski definition) is 4. The van der Waals surface area contributed by atoms with Crippen LogP contribution in [0, 0.1) is 0 Å². The summed E-state index contributed by atoms with van der Waals surface area (Å²) >= 11 is 0. The van der Waals surface area contributed by atoms with Crippen molar-refractivity contribution in [1.29, 1.82) is 0 Å². The summed E-state index contributed by atoms with van der Waals surface area (Å²) in [4.78, 5) is 0. The van der Waals surface area contributed by atoms with Gasteiger partial charge in [-0.25, -0.2) is 0 Å². The highest BCUT2D eigenvalue weighted by molar-refractivity contribution is 4.64. The minimum absolute atomic E-state index is 0.0106. The first-order chi connectivity index (χ1) is 5.77. The van der Waals surface area contributed by atoms with Crippen LogP contribution >= 0.6 is 0 Å². The van der Waals surface area contributed by atoms with Gasteiger partial charge in [-0.05, 0) is 6.42 Å². The van der Waals surface area contributed by atoms with Crippen LogP contribution in [-0.2, 0) is 14.2 Å². The van der Waals surface area contributed by atoms with Crippen LogP contribution in [0.1, 0.15) is 19.8 Å². The first kappa shape index (κ1) is 9.92. The lowest BCUT2D eigenvalue weighted by Crippen LogP contribution is -2.44. The van der Waals surface area contributed by atoms with Crippen molar-refractivity contribution < 1.29 is 19.3 Å². The molecule has 1 fully saturated rings. The van der Waals surface area contributed by atoms with Crippen LogP contribution in [0.4, 0.5) is 0 Å². The molecule has 0 aliphatic carbocycles. The van der Waals surface area contributed by atoms with Crippen molar-refractivity contribution in [3.8, 4) is 0 Å². The molecule has 12 heavy (non-hydrogen) atoms. The van der Waals surface area contributed by atoms with Crippen molar-refractivity contribution >= 4 is 0 Å². The Labute approximate surface area is 72.4 Å². The topological polar surface area (TPSA) is 47.9 Å². The average molecular weight is 176 g/mol. The normalized spacial score (nSPS) is 36.8. The van der Waals surface area contributed by atoms with Crippen molar-refractivity contribution in [2.75, 3.05) is 13.7 Å². The summed E-state index contributed by atoms with van der Waals surface area (Å²) in [5.41, 5.74) is 0. The van der Waals surface area contributed by atoms with Crippen molar-refractivity contribution in [1.82, 2.24) is 0 Å². The SMILES string of the molecule is CCC[C@H]1CO[C@@H](OC)C(O)O1. The Morgan fingerprint density at radius 2 is 2.33 bits per heavy atom. The molecule has 4 nitrogen and oxygen atoms in total. The van der Waals surface area contributed by atoms with Crippen LogP contribution in [-0.4, -0.2) is 37.5 Å². The zero-order valence-corrected chi connectivity index (χ0v) is 7.53. The van der Waals surface area contributed by atoms with Gasteiger partial charge >= 0.3 is 0 Å². The highest BCUT2D eigenvalue weighted by Gasteiger charge is 2.29. The third-order valence-electron chi connectivity index (χ3n) is 1.85. The molecule has 1 saturated heterocycles. The second kappa shape index (κ2) is 4.77. The third-order valence-corrected chi connectivity index (χ3v) is 1.85. The van der Waals surface area contributed by atoms with E-state index in [1.807, 2.05) is 0 Å². The molecule has 0 aromatic rings. The zero-order chi connectivity index (χ0) is 8.97. The minimum Gasteiger partial charge on any atom is -0.364 e. The Kier molecular flexibility index (Phi) is 3.94. The van der Waals surface area contributed by atoms with Gasteiger partial charge in [-0.2, -0.15) is 0 Å². The van der Waals surface area contributed by atoms with E-state index < -0.39 is 12.6 Å². The maximum atomic E-state index is 9.29. The molecule has 0 saturated carbocycles. The van der Waals surface area contributed by atoms with E-state index in [-0.39, 0.29) is 6.10 Å². The van der Waals surface area contributed by atoms with Gasteiger partial charge < -0.3 is 19.3 Å². The zero-order valence-electron chi connectivity index (χ0n) is 7.53. The van der Waals surface area contributed by atoms with E-state index in [4.69, 9.17) is 14.2 Å². The Morgan fingerprint density at radius 1 is 1.58 bits per heavy atom. The molecule has 3 atom stereocenters. The molecule has 0 amide bonds. The monoisotopic (exact) mass is 176 g/mol. The lowest BCUT2D eigenvalue weighted by Gasteiger charge is -2.32. The molecular weight excluding hydrogens is 160 g/mol. The lowest BCUT2D eigenvalue weighted by molar-refractivity contribution is -0.322. The van der Waals surface area contributed by atoms with E-state index >= 15 is 0 Å². The van der Waals surface area contributed by atoms with E-state index in [0.717, 1.165) is 12.8 Å². The van der Waals surface area contributed by atoms with Crippen molar-refractivity contribution in [3.05, 3.63) is 0 Å². The summed E-state index contributed by atoms with van der Waals surface area (Å²) < 4.78 is 15.3. The summed E-state index contributed by atoms with van der Waals surface area (Å²) in [6.07, 6.45) is 0.376.